The lowest BCUT2D eigenvalue weighted by molar-refractivity contribution is 0.457. The number of halogens is 1. The first-order chi connectivity index (χ1) is 8.33. The molecule has 17 heavy (non-hydrogen) atoms. The largest absolute Gasteiger partial charge is 0.463 e. The summed E-state index contributed by atoms with van der Waals surface area (Å²) in [7, 11) is 0. The second-order valence-electron chi connectivity index (χ2n) is 3.37. The Morgan fingerprint density at radius 1 is 1.24 bits per heavy atom. The van der Waals surface area contributed by atoms with Gasteiger partial charge in [-0.05, 0) is 34.7 Å². The van der Waals surface area contributed by atoms with Crippen LogP contribution in [0, 0.1) is 3.57 Å². The molecule has 0 atom stereocenters. The smallest absolute Gasteiger partial charge is 0.232 e. The van der Waals surface area contributed by atoms with Crippen LogP contribution in [0.3, 0.4) is 0 Å². The number of hydrogen-bond donors (Lipinski definition) is 0. The summed E-state index contributed by atoms with van der Waals surface area (Å²) >= 11 is 2.17. The van der Waals surface area contributed by atoms with Gasteiger partial charge in [-0.25, -0.2) is 9.97 Å². The van der Waals surface area contributed by atoms with Crippen LogP contribution in [0.2, 0.25) is 0 Å². The quantitative estimate of drug-likeness (QED) is 0.670. The van der Waals surface area contributed by atoms with Crippen molar-refractivity contribution in [2.24, 2.45) is 0 Å². The van der Waals surface area contributed by atoms with Crippen molar-refractivity contribution in [2.45, 2.75) is 0 Å². The van der Waals surface area contributed by atoms with Crippen molar-refractivity contribution < 1.29 is 9.15 Å². The van der Waals surface area contributed by atoms with Gasteiger partial charge in [-0.15, -0.1) is 0 Å². The third-order valence-electron chi connectivity index (χ3n) is 2.22. The van der Waals surface area contributed by atoms with E-state index in [1.807, 2.05) is 18.2 Å². The van der Waals surface area contributed by atoms with Crippen molar-refractivity contribution in [3.63, 3.8) is 0 Å². The first kappa shape index (κ1) is 10.5. The molecule has 3 rings (SSSR count). The Balaban J connectivity index is 1.97. The number of fused-ring (bicyclic) bond motifs is 1. The Bertz CT molecular complexity index is 666. The van der Waals surface area contributed by atoms with Crippen LogP contribution < -0.4 is 4.74 Å². The summed E-state index contributed by atoms with van der Waals surface area (Å²) in [5.74, 6) is 1.19. The highest BCUT2D eigenvalue weighted by molar-refractivity contribution is 14.1. The lowest BCUT2D eigenvalue weighted by Gasteiger charge is -2.05. The number of furan rings is 1. The number of rotatable bonds is 2. The van der Waals surface area contributed by atoms with Gasteiger partial charge in [0.05, 0.1) is 16.0 Å². The fourth-order valence-electron chi connectivity index (χ4n) is 1.44. The van der Waals surface area contributed by atoms with E-state index >= 15 is 0 Å². The fourth-order valence-corrected chi connectivity index (χ4v) is 1.90. The predicted molar refractivity (Wildman–Crippen MR) is 71.0 cm³/mol. The Kier molecular flexibility index (Phi) is 2.68. The average molecular weight is 338 g/mol. The molecule has 0 aliphatic carbocycles. The van der Waals surface area contributed by atoms with Gasteiger partial charge in [0, 0.05) is 18.3 Å². The molecule has 0 radical (unpaired) electrons. The number of aromatic nitrogens is 2. The van der Waals surface area contributed by atoms with Gasteiger partial charge in [0.25, 0.3) is 0 Å². The third kappa shape index (κ3) is 2.10. The van der Waals surface area contributed by atoms with Gasteiger partial charge in [0.1, 0.15) is 5.52 Å². The van der Waals surface area contributed by atoms with Crippen LogP contribution in [0.5, 0.6) is 11.6 Å². The van der Waals surface area contributed by atoms with E-state index < -0.39 is 0 Å². The van der Waals surface area contributed by atoms with E-state index in [4.69, 9.17) is 9.15 Å². The van der Waals surface area contributed by atoms with Crippen molar-refractivity contribution >= 4 is 33.7 Å². The van der Waals surface area contributed by atoms with Crippen molar-refractivity contribution in [1.82, 2.24) is 9.97 Å². The van der Waals surface area contributed by atoms with Gasteiger partial charge in [0.15, 0.2) is 11.3 Å². The predicted octanol–water partition coefficient (Wildman–Crippen LogP) is 3.62. The number of nitrogens with zero attached hydrogens (tertiary/aromatic N) is 2. The van der Waals surface area contributed by atoms with E-state index in [1.54, 1.807) is 24.7 Å². The first-order valence-corrected chi connectivity index (χ1v) is 6.02. The summed E-state index contributed by atoms with van der Waals surface area (Å²) in [5, 5.41) is 0. The maximum Gasteiger partial charge on any atom is 0.232 e. The maximum absolute atomic E-state index is 5.65. The van der Waals surface area contributed by atoms with E-state index in [1.165, 1.54) is 0 Å². The number of ether oxygens (including phenoxy) is 1. The fraction of sp³-hybridized carbons (Fsp3) is 0. The summed E-state index contributed by atoms with van der Waals surface area (Å²) in [4.78, 5) is 8.37. The molecule has 3 aromatic heterocycles. The molecule has 0 saturated carbocycles. The lowest BCUT2D eigenvalue weighted by Crippen LogP contribution is -1.90. The lowest BCUT2D eigenvalue weighted by atomic mass is 10.4. The van der Waals surface area contributed by atoms with Crippen molar-refractivity contribution in [3.05, 3.63) is 46.5 Å². The highest BCUT2D eigenvalue weighted by Gasteiger charge is 2.05. The zero-order chi connectivity index (χ0) is 11.7. The van der Waals surface area contributed by atoms with Gasteiger partial charge in [-0.3, -0.25) is 0 Å². The van der Waals surface area contributed by atoms with Crippen LogP contribution >= 0.6 is 22.6 Å². The molecule has 84 valence electrons. The van der Waals surface area contributed by atoms with Gasteiger partial charge < -0.3 is 9.15 Å². The molecule has 0 fully saturated rings. The topological polar surface area (TPSA) is 48.2 Å². The van der Waals surface area contributed by atoms with Crippen molar-refractivity contribution in [2.75, 3.05) is 0 Å². The molecule has 3 aromatic rings. The minimum Gasteiger partial charge on any atom is -0.463 e. The van der Waals surface area contributed by atoms with Crippen LogP contribution in [0.15, 0.2) is 47.3 Å². The summed E-state index contributed by atoms with van der Waals surface area (Å²) in [5.41, 5.74) is 1.52. The van der Waals surface area contributed by atoms with Crippen molar-refractivity contribution in [1.29, 1.82) is 0 Å². The molecular weight excluding hydrogens is 331 g/mol. The van der Waals surface area contributed by atoms with Crippen LogP contribution in [-0.4, -0.2) is 9.97 Å². The molecule has 0 amide bonds. The van der Waals surface area contributed by atoms with E-state index in [0.29, 0.717) is 17.2 Å². The Morgan fingerprint density at radius 3 is 3.06 bits per heavy atom. The maximum atomic E-state index is 5.65. The molecule has 0 N–H and O–H groups in total. The zero-order valence-electron chi connectivity index (χ0n) is 8.63. The first-order valence-electron chi connectivity index (χ1n) is 4.94. The molecule has 0 aliphatic rings. The zero-order valence-corrected chi connectivity index (χ0v) is 10.8. The van der Waals surface area contributed by atoms with E-state index in [9.17, 15) is 0 Å². The van der Waals surface area contributed by atoms with E-state index in [0.717, 1.165) is 9.09 Å². The molecule has 0 spiro atoms. The molecule has 0 aromatic carbocycles. The Labute approximate surface area is 111 Å². The van der Waals surface area contributed by atoms with Gasteiger partial charge in [-0.1, -0.05) is 0 Å². The summed E-state index contributed by atoms with van der Waals surface area (Å²) < 4.78 is 11.9. The minimum absolute atomic E-state index is 0.570. The Hall–Kier alpha value is -1.63. The van der Waals surface area contributed by atoms with E-state index in [2.05, 4.69) is 32.6 Å². The van der Waals surface area contributed by atoms with Gasteiger partial charge >= 0.3 is 0 Å². The monoisotopic (exact) mass is 338 g/mol. The number of hydrogen-bond acceptors (Lipinski definition) is 4. The molecular formula is C12H7IN2O2. The normalized spacial score (nSPS) is 10.6. The molecule has 5 heteroatoms. The van der Waals surface area contributed by atoms with Crippen molar-refractivity contribution in [3.8, 4) is 11.6 Å². The summed E-state index contributed by atoms with van der Waals surface area (Å²) in [6.07, 6.45) is 4.95. The molecule has 0 bridgehead atoms. The molecule has 3 heterocycles. The minimum atomic E-state index is 0.570. The van der Waals surface area contributed by atoms with Crippen LogP contribution in [0.1, 0.15) is 0 Å². The average Bonchev–Trinajstić information content (AvgIpc) is 2.79. The molecule has 0 saturated heterocycles. The molecule has 0 unspecified atom stereocenters. The highest BCUT2D eigenvalue weighted by atomic mass is 127. The second kappa shape index (κ2) is 4.33. The molecule has 4 nitrogen and oxygen atoms in total. The summed E-state index contributed by atoms with van der Waals surface area (Å²) in [6, 6.07) is 7.40. The Morgan fingerprint density at radius 2 is 2.18 bits per heavy atom. The SMILES string of the molecule is Ic1cccnc1Oc1cnc2ccoc2c1. The van der Waals surface area contributed by atoms with Crippen LogP contribution in [0.25, 0.3) is 11.1 Å². The number of pyridine rings is 2. The highest BCUT2D eigenvalue weighted by Crippen LogP contribution is 2.26. The second-order valence-corrected chi connectivity index (χ2v) is 4.53. The van der Waals surface area contributed by atoms with Gasteiger partial charge in [-0.2, -0.15) is 0 Å². The van der Waals surface area contributed by atoms with Crippen LogP contribution in [-0.2, 0) is 0 Å². The van der Waals surface area contributed by atoms with Crippen LogP contribution in [0.4, 0.5) is 0 Å². The molecule has 0 aliphatic heterocycles. The van der Waals surface area contributed by atoms with E-state index in [-0.39, 0.29) is 0 Å². The third-order valence-corrected chi connectivity index (χ3v) is 3.04. The standard InChI is InChI=1S/C12H7IN2O2/c13-9-2-1-4-14-12(9)17-8-6-11-10(15-7-8)3-5-16-11/h1-7H. The van der Waals surface area contributed by atoms with Gasteiger partial charge in [0.2, 0.25) is 5.88 Å². The summed E-state index contributed by atoms with van der Waals surface area (Å²) in [6.45, 7) is 0.